The van der Waals surface area contributed by atoms with E-state index in [2.05, 4.69) is 43.3 Å². The van der Waals surface area contributed by atoms with Gasteiger partial charge in [-0.2, -0.15) is 0 Å². The summed E-state index contributed by atoms with van der Waals surface area (Å²) in [4.78, 5) is 1.28. The third-order valence-corrected chi connectivity index (χ3v) is 3.96. The molecule has 3 heteroatoms. The van der Waals surface area contributed by atoms with Gasteiger partial charge in [0.25, 0.3) is 0 Å². The molecule has 106 valence electrons. The van der Waals surface area contributed by atoms with Crippen molar-refractivity contribution in [3.8, 4) is 5.75 Å². The third kappa shape index (κ3) is 4.58. The summed E-state index contributed by atoms with van der Waals surface area (Å²) in [7, 11) is 0. The lowest BCUT2D eigenvalue weighted by molar-refractivity contribution is 0.340. The van der Waals surface area contributed by atoms with Crippen molar-refractivity contribution >= 4 is 11.8 Å². The van der Waals surface area contributed by atoms with E-state index < -0.39 is 0 Å². The average Bonchev–Trinajstić information content (AvgIpc) is 2.47. The van der Waals surface area contributed by atoms with Gasteiger partial charge in [-0.1, -0.05) is 35.9 Å². The van der Waals surface area contributed by atoms with Crippen LogP contribution >= 0.6 is 11.8 Å². The Balaban J connectivity index is 1.84. The van der Waals surface area contributed by atoms with Gasteiger partial charge >= 0.3 is 0 Å². The second-order valence-corrected chi connectivity index (χ2v) is 5.83. The molecule has 2 aromatic carbocycles. The second-order valence-electron chi connectivity index (χ2n) is 4.66. The van der Waals surface area contributed by atoms with Gasteiger partial charge in [0, 0.05) is 10.6 Å². The minimum atomic E-state index is 0.651. The van der Waals surface area contributed by atoms with Crippen LogP contribution in [0.15, 0.2) is 53.4 Å². The molecular formula is C17H21NOS. The number of hydrogen-bond acceptors (Lipinski definition) is 3. The van der Waals surface area contributed by atoms with Crippen LogP contribution in [0.2, 0.25) is 0 Å². The molecule has 2 aromatic rings. The lowest BCUT2D eigenvalue weighted by atomic mass is 10.1. The van der Waals surface area contributed by atoms with E-state index in [1.54, 1.807) is 0 Å². The van der Waals surface area contributed by atoms with Gasteiger partial charge < -0.3 is 10.5 Å². The fourth-order valence-electron chi connectivity index (χ4n) is 2.03. The van der Waals surface area contributed by atoms with Gasteiger partial charge in [0.2, 0.25) is 0 Å². The zero-order chi connectivity index (χ0) is 14.2. The number of ether oxygens (including phenoxy) is 1. The highest BCUT2D eigenvalue weighted by Gasteiger charge is 2.03. The molecule has 0 bridgehead atoms. The van der Waals surface area contributed by atoms with Crippen LogP contribution in [0, 0.1) is 6.92 Å². The molecule has 0 heterocycles. The molecule has 0 saturated carbocycles. The maximum atomic E-state index is 5.89. The molecule has 0 aromatic heterocycles. The normalized spacial score (nSPS) is 10.5. The molecule has 2 rings (SSSR count). The maximum absolute atomic E-state index is 5.89. The second kappa shape index (κ2) is 7.98. The monoisotopic (exact) mass is 287 g/mol. The highest BCUT2D eigenvalue weighted by atomic mass is 32.2. The van der Waals surface area contributed by atoms with Crippen LogP contribution in [0.25, 0.3) is 0 Å². The van der Waals surface area contributed by atoms with Gasteiger partial charge in [-0.15, -0.1) is 11.8 Å². The van der Waals surface area contributed by atoms with Crippen LogP contribution < -0.4 is 10.5 Å². The van der Waals surface area contributed by atoms with E-state index in [4.69, 9.17) is 10.5 Å². The Bertz CT molecular complexity index is 528. The number of thioether (sulfide) groups is 1. The lowest BCUT2D eigenvalue weighted by Gasteiger charge is -2.11. The largest absolute Gasteiger partial charge is 0.492 e. The van der Waals surface area contributed by atoms with Crippen LogP contribution in [-0.4, -0.2) is 18.9 Å². The molecule has 0 atom stereocenters. The van der Waals surface area contributed by atoms with Crippen molar-refractivity contribution < 1.29 is 4.74 Å². The van der Waals surface area contributed by atoms with Crippen LogP contribution in [0.1, 0.15) is 11.1 Å². The molecule has 0 aliphatic rings. The molecule has 0 amide bonds. The summed E-state index contributed by atoms with van der Waals surface area (Å²) in [6, 6.07) is 16.7. The predicted octanol–water partition coefficient (Wildman–Crippen LogP) is 3.67. The lowest BCUT2D eigenvalue weighted by Crippen LogP contribution is -2.07. The molecular weight excluding hydrogens is 266 g/mol. The molecule has 0 aliphatic heterocycles. The van der Waals surface area contributed by atoms with Crippen LogP contribution in [0.5, 0.6) is 5.75 Å². The van der Waals surface area contributed by atoms with Gasteiger partial charge in [0.05, 0.1) is 6.61 Å². The fraction of sp³-hybridized carbons (Fsp3) is 0.294. The van der Waals surface area contributed by atoms with Crippen LogP contribution in [-0.2, 0) is 6.42 Å². The predicted molar refractivity (Wildman–Crippen MR) is 86.6 cm³/mol. The van der Waals surface area contributed by atoms with E-state index >= 15 is 0 Å². The van der Waals surface area contributed by atoms with Crippen LogP contribution in [0.4, 0.5) is 0 Å². The summed E-state index contributed by atoms with van der Waals surface area (Å²) in [5.74, 6) is 1.91. The minimum absolute atomic E-state index is 0.651. The van der Waals surface area contributed by atoms with E-state index in [1.165, 1.54) is 16.0 Å². The highest BCUT2D eigenvalue weighted by molar-refractivity contribution is 7.99. The highest BCUT2D eigenvalue weighted by Crippen LogP contribution is 2.22. The number of hydrogen-bond donors (Lipinski definition) is 1. The molecule has 2 nitrogen and oxygen atoms in total. The standard InChI is InChI=1S/C17H21NOS/c1-14-7-8-17(15(13-14)9-10-18)19-11-12-20-16-5-3-2-4-6-16/h2-8,13H,9-12,18H2,1H3. The van der Waals surface area contributed by atoms with Crippen molar-refractivity contribution in [3.05, 3.63) is 59.7 Å². The molecule has 0 aliphatic carbocycles. The summed E-state index contributed by atoms with van der Waals surface area (Å²) in [5.41, 5.74) is 8.11. The zero-order valence-corrected chi connectivity index (χ0v) is 12.7. The van der Waals surface area contributed by atoms with E-state index in [0.29, 0.717) is 13.2 Å². The Labute approximate surface area is 125 Å². The van der Waals surface area contributed by atoms with Crippen molar-refractivity contribution in [3.63, 3.8) is 0 Å². The first-order valence-electron chi connectivity index (χ1n) is 6.90. The minimum Gasteiger partial charge on any atom is -0.492 e. The van der Waals surface area contributed by atoms with Crippen molar-refractivity contribution in [2.75, 3.05) is 18.9 Å². The Morgan fingerprint density at radius 2 is 1.90 bits per heavy atom. The molecule has 0 unspecified atom stereocenters. The van der Waals surface area contributed by atoms with E-state index in [1.807, 2.05) is 23.9 Å². The Morgan fingerprint density at radius 3 is 2.65 bits per heavy atom. The summed E-state index contributed by atoms with van der Waals surface area (Å²) >= 11 is 1.81. The number of aryl methyl sites for hydroxylation is 1. The van der Waals surface area contributed by atoms with Crippen molar-refractivity contribution in [1.29, 1.82) is 0 Å². The van der Waals surface area contributed by atoms with E-state index in [0.717, 1.165) is 17.9 Å². The quantitative estimate of drug-likeness (QED) is 0.623. The van der Waals surface area contributed by atoms with Gasteiger partial charge in [0.1, 0.15) is 5.75 Å². The molecule has 0 saturated heterocycles. The molecule has 20 heavy (non-hydrogen) atoms. The molecule has 2 N–H and O–H groups in total. The van der Waals surface area contributed by atoms with Gasteiger partial charge in [-0.25, -0.2) is 0 Å². The van der Waals surface area contributed by atoms with Crippen molar-refractivity contribution in [1.82, 2.24) is 0 Å². The number of nitrogens with two attached hydrogens (primary N) is 1. The first-order chi connectivity index (χ1) is 9.79. The van der Waals surface area contributed by atoms with E-state index in [9.17, 15) is 0 Å². The summed E-state index contributed by atoms with van der Waals surface area (Å²) in [6.45, 7) is 3.45. The Morgan fingerprint density at radius 1 is 1.10 bits per heavy atom. The number of benzene rings is 2. The first kappa shape index (κ1) is 14.9. The molecule has 0 fully saturated rings. The molecule has 0 spiro atoms. The fourth-order valence-corrected chi connectivity index (χ4v) is 2.78. The summed E-state index contributed by atoms with van der Waals surface area (Å²) < 4.78 is 5.89. The van der Waals surface area contributed by atoms with Gasteiger partial charge in [-0.3, -0.25) is 0 Å². The Kier molecular flexibility index (Phi) is 5.96. The van der Waals surface area contributed by atoms with Crippen molar-refractivity contribution in [2.45, 2.75) is 18.2 Å². The summed E-state index contributed by atoms with van der Waals surface area (Å²) in [5, 5.41) is 0. The topological polar surface area (TPSA) is 35.2 Å². The van der Waals surface area contributed by atoms with Crippen LogP contribution in [0.3, 0.4) is 0 Å². The van der Waals surface area contributed by atoms with Crippen molar-refractivity contribution in [2.24, 2.45) is 5.73 Å². The summed E-state index contributed by atoms with van der Waals surface area (Å²) in [6.07, 6.45) is 0.864. The third-order valence-electron chi connectivity index (χ3n) is 2.98. The SMILES string of the molecule is Cc1ccc(OCCSc2ccccc2)c(CCN)c1. The first-order valence-corrected chi connectivity index (χ1v) is 7.88. The van der Waals surface area contributed by atoms with Gasteiger partial charge in [-0.05, 0) is 43.7 Å². The zero-order valence-electron chi connectivity index (χ0n) is 11.8. The average molecular weight is 287 g/mol. The maximum Gasteiger partial charge on any atom is 0.122 e. The Hall–Kier alpha value is -1.45. The number of rotatable bonds is 7. The van der Waals surface area contributed by atoms with Gasteiger partial charge in [0.15, 0.2) is 0 Å². The van der Waals surface area contributed by atoms with E-state index in [-0.39, 0.29) is 0 Å². The smallest absolute Gasteiger partial charge is 0.122 e. The molecule has 0 radical (unpaired) electrons.